The molecule has 0 radical (unpaired) electrons. The molecule has 0 aromatic carbocycles. The monoisotopic (exact) mass is 176 g/mol. The largest absolute Gasteiger partial charge is 0.394 e. The van der Waals surface area contributed by atoms with Crippen LogP contribution in [0.15, 0.2) is 0 Å². The van der Waals surface area contributed by atoms with Gasteiger partial charge in [0.1, 0.15) is 6.10 Å². The lowest BCUT2D eigenvalue weighted by Gasteiger charge is -2.36. The van der Waals surface area contributed by atoms with Crippen LogP contribution in [0.5, 0.6) is 0 Å². The smallest absolute Gasteiger partial charge is 0.107 e. The molecule has 0 spiro atoms. The van der Waals surface area contributed by atoms with Crippen molar-refractivity contribution >= 4 is 0 Å². The number of hydrogen-bond donors (Lipinski definition) is 3. The van der Waals surface area contributed by atoms with Gasteiger partial charge in [-0.1, -0.05) is 6.92 Å². The van der Waals surface area contributed by atoms with Crippen LogP contribution in [0.2, 0.25) is 0 Å². The Bertz CT molecular complexity index is 125. The minimum atomic E-state index is -0.743. The minimum Gasteiger partial charge on any atom is -0.394 e. The first-order chi connectivity index (χ1) is 5.69. The second-order valence-corrected chi connectivity index (χ2v) is 3.17. The Morgan fingerprint density at radius 3 is 2.33 bits per heavy atom. The summed E-state index contributed by atoms with van der Waals surface area (Å²) in [6.07, 6.45) is -1.13. The van der Waals surface area contributed by atoms with Gasteiger partial charge in [-0.05, 0) is 6.42 Å². The van der Waals surface area contributed by atoms with E-state index in [0.29, 0.717) is 12.8 Å². The summed E-state index contributed by atoms with van der Waals surface area (Å²) in [5, 5.41) is 27.5. The van der Waals surface area contributed by atoms with Crippen molar-refractivity contribution in [3.8, 4) is 0 Å². The lowest BCUT2D eigenvalue weighted by atomic mass is 9.97. The van der Waals surface area contributed by atoms with Crippen LogP contribution in [0, 0.1) is 0 Å². The number of rotatable bonds is 2. The van der Waals surface area contributed by atoms with Gasteiger partial charge in [0.2, 0.25) is 0 Å². The van der Waals surface area contributed by atoms with Gasteiger partial charge in [0.25, 0.3) is 0 Å². The highest BCUT2D eigenvalue weighted by atomic mass is 16.5. The van der Waals surface area contributed by atoms with Crippen molar-refractivity contribution < 1.29 is 20.1 Å². The van der Waals surface area contributed by atoms with Gasteiger partial charge < -0.3 is 20.1 Å². The zero-order chi connectivity index (χ0) is 9.14. The van der Waals surface area contributed by atoms with Crippen LogP contribution < -0.4 is 0 Å². The van der Waals surface area contributed by atoms with E-state index in [0.717, 1.165) is 0 Å². The highest BCUT2D eigenvalue weighted by Crippen LogP contribution is 2.21. The summed E-state index contributed by atoms with van der Waals surface area (Å²) >= 11 is 0. The first-order valence-electron chi connectivity index (χ1n) is 4.31. The second-order valence-electron chi connectivity index (χ2n) is 3.17. The fraction of sp³-hybridized carbons (Fsp3) is 1.00. The Labute approximate surface area is 71.8 Å². The maximum absolute atomic E-state index is 9.39. The van der Waals surface area contributed by atoms with Crippen LogP contribution in [0.1, 0.15) is 19.8 Å². The zero-order valence-electron chi connectivity index (χ0n) is 7.18. The fourth-order valence-electron chi connectivity index (χ4n) is 1.49. The van der Waals surface area contributed by atoms with E-state index in [-0.39, 0.29) is 12.7 Å². The summed E-state index contributed by atoms with van der Waals surface area (Å²) in [5.41, 5.74) is 0. The Morgan fingerprint density at radius 2 is 1.83 bits per heavy atom. The topological polar surface area (TPSA) is 69.9 Å². The summed E-state index contributed by atoms with van der Waals surface area (Å²) in [7, 11) is 0. The van der Waals surface area contributed by atoms with Gasteiger partial charge in [0.15, 0.2) is 0 Å². The lowest BCUT2D eigenvalue weighted by molar-refractivity contribution is -0.179. The molecule has 0 bridgehead atoms. The molecule has 1 rings (SSSR count). The molecule has 0 amide bonds. The third-order valence-corrected chi connectivity index (χ3v) is 2.27. The van der Waals surface area contributed by atoms with Crippen LogP contribution in [0.4, 0.5) is 0 Å². The first kappa shape index (κ1) is 9.92. The fourth-order valence-corrected chi connectivity index (χ4v) is 1.49. The van der Waals surface area contributed by atoms with Gasteiger partial charge in [0.05, 0.1) is 24.9 Å². The van der Waals surface area contributed by atoms with E-state index < -0.39 is 18.3 Å². The van der Waals surface area contributed by atoms with E-state index >= 15 is 0 Å². The van der Waals surface area contributed by atoms with Crippen LogP contribution in [0.25, 0.3) is 0 Å². The van der Waals surface area contributed by atoms with Crippen molar-refractivity contribution in [3.63, 3.8) is 0 Å². The maximum atomic E-state index is 9.39. The zero-order valence-corrected chi connectivity index (χ0v) is 7.18. The molecule has 3 N–H and O–H groups in total. The molecule has 0 aliphatic carbocycles. The summed E-state index contributed by atoms with van der Waals surface area (Å²) in [4.78, 5) is 0. The standard InChI is InChI=1S/C8H16O4/c1-2-7-5(10)3-6(11)8(4-9)12-7/h5-11H,2-4H2,1H3/t5-,6+,7?,8-/m1/s1. The van der Waals surface area contributed by atoms with Crippen molar-refractivity contribution in [2.75, 3.05) is 6.61 Å². The number of aliphatic hydroxyl groups excluding tert-OH is 3. The molecule has 4 atom stereocenters. The predicted octanol–water partition coefficient (Wildman–Crippen LogP) is -0.732. The minimum absolute atomic E-state index is 0.190. The van der Waals surface area contributed by atoms with E-state index in [1.807, 2.05) is 6.92 Å². The van der Waals surface area contributed by atoms with Gasteiger partial charge >= 0.3 is 0 Å². The van der Waals surface area contributed by atoms with Crippen LogP contribution in [-0.2, 0) is 4.74 Å². The van der Waals surface area contributed by atoms with Crippen molar-refractivity contribution in [1.29, 1.82) is 0 Å². The molecule has 1 unspecified atom stereocenters. The Balaban J connectivity index is 2.50. The number of ether oxygens (including phenoxy) is 1. The van der Waals surface area contributed by atoms with Gasteiger partial charge in [-0.15, -0.1) is 0 Å². The van der Waals surface area contributed by atoms with Crippen LogP contribution >= 0.6 is 0 Å². The van der Waals surface area contributed by atoms with Crippen molar-refractivity contribution in [3.05, 3.63) is 0 Å². The molecular weight excluding hydrogens is 160 g/mol. The van der Waals surface area contributed by atoms with Gasteiger partial charge in [0, 0.05) is 6.42 Å². The normalized spacial score (nSPS) is 43.0. The van der Waals surface area contributed by atoms with E-state index in [9.17, 15) is 10.2 Å². The SMILES string of the molecule is CCC1O[C@H](CO)[C@@H](O)C[C@H]1O. The summed E-state index contributed by atoms with van der Waals surface area (Å²) in [5.74, 6) is 0. The third kappa shape index (κ3) is 1.95. The average Bonchev–Trinajstić information content (AvgIpc) is 2.05. The molecule has 0 saturated carbocycles. The molecule has 1 aliphatic heterocycles. The summed E-state index contributed by atoms with van der Waals surface area (Å²) in [6, 6.07) is 0. The third-order valence-electron chi connectivity index (χ3n) is 2.27. The van der Waals surface area contributed by atoms with Crippen molar-refractivity contribution in [1.82, 2.24) is 0 Å². The highest BCUT2D eigenvalue weighted by Gasteiger charge is 2.34. The van der Waals surface area contributed by atoms with Gasteiger partial charge in [-0.2, -0.15) is 0 Å². The predicted molar refractivity (Wildman–Crippen MR) is 42.7 cm³/mol. The van der Waals surface area contributed by atoms with Crippen LogP contribution in [0.3, 0.4) is 0 Å². The van der Waals surface area contributed by atoms with E-state index in [4.69, 9.17) is 9.84 Å². The molecule has 12 heavy (non-hydrogen) atoms. The molecule has 1 fully saturated rings. The van der Waals surface area contributed by atoms with E-state index in [2.05, 4.69) is 0 Å². The highest BCUT2D eigenvalue weighted by molar-refractivity contribution is 4.83. The Kier molecular flexibility index (Phi) is 3.46. The Morgan fingerprint density at radius 1 is 1.25 bits per heavy atom. The average molecular weight is 176 g/mol. The molecule has 1 heterocycles. The summed E-state index contributed by atoms with van der Waals surface area (Å²) < 4.78 is 5.26. The van der Waals surface area contributed by atoms with E-state index in [1.165, 1.54) is 0 Å². The van der Waals surface area contributed by atoms with Crippen LogP contribution in [-0.4, -0.2) is 46.3 Å². The quantitative estimate of drug-likeness (QED) is 0.518. The summed E-state index contributed by atoms with van der Waals surface area (Å²) in [6.45, 7) is 1.71. The second kappa shape index (κ2) is 4.18. The molecule has 4 heteroatoms. The molecule has 0 aromatic rings. The lowest BCUT2D eigenvalue weighted by Crippen LogP contribution is -2.48. The van der Waals surface area contributed by atoms with Gasteiger partial charge in [-0.25, -0.2) is 0 Å². The number of hydrogen-bond acceptors (Lipinski definition) is 4. The maximum Gasteiger partial charge on any atom is 0.107 e. The molecule has 1 aliphatic rings. The molecular formula is C8H16O4. The van der Waals surface area contributed by atoms with Crippen molar-refractivity contribution in [2.45, 2.75) is 44.2 Å². The number of aliphatic hydroxyl groups is 3. The molecule has 0 aromatic heterocycles. The Hall–Kier alpha value is -0.160. The van der Waals surface area contributed by atoms with Crippen molar-refractivity contribution in [2.24, 2.45) is 0 Å². The van der Waals surface area contributed by atoms with E-state index in [1.54, 1.807) is 0 Å². The molecule has 72 valence electrons. The molecule has 1 saturated heterocycles. The van der Waals surface area contributed by atoms with Gasteiger partial charge in [-0.3, -0.25) is 0 Å². The molecule has 4 nitrogen and oxygen atoms in total. The first-order valence-corrected chi connectivity index (χ1v) is 4.31.